The van der Waals surface area contributed by atoms with Crippen molar-refractivity contribution in [2.24, 2.45) is 17.8 Å². The Morgan fingerprint density at radius 3 is 2.17 bits per heavy atom. The second-order valence-electron chi connectivity index (χ2n) is 5.93. The molecule has 0 radical (unpaired) electrons. The molecule has 3 rings (SSSR count). The normalized spacial score (nSPS) is 28.9. The van der Waals surface area contributed by atoms with Crippen molar-refractivity contribution in [3.63, 3.8) is 0 Å². The van der Waals surface area contributed by atoms with E-state index in [2.05, 4.69) is 0 Å². The SMILES string of the molecule is COc1c(C)cc(C(=O)C2CC3CC3C2)cc1C. The molecule has 0 N–H and O–H groups in total. The number of rotatable bonds is 3. The number of carbonyl (C=O) groups is 1. The standard InChI is InChI=1S/C16H20O2/c1-9-4-13(5-10(2)16(9)18-3)15(17)14-7-11-6-12(11)8-14/h4-5,11-12,14H,6-8H2,1-3H3. The monoisotopic (exact) mass is 244 g/mol. The molecule has 2 fully saturated rings. The second kappa shape index (κ2) is 4.11. The van der Waals surface area contributed by atoms with Gasteiger partial charge in [0.1, 0.15) is 5.75 Å². The van der Waals surface area contributed by atoms with E-state index in [4.69, 9.17) is 4.74 Å². The Kier molecular flexibility index (Phi) is 2.69. The number of Topliss-reactive ketones (excluding diaryl/α,β-unsaturated/α-hetero) is 1. The van der Waals surface area contributed by atoms with Crippen LogP contribution in [0.25, 0.3) is 0 Å². The molecule has 96 valence electrons. The van der Waals surface area contributed by atoms with Crippen LogP contribution in [0.1, 0.15) is 40.7 Å². The van der Waals surface area contributed by atoms with Crippen molar-refractivity contribution >= 4 is 5.78 Å². The summed E-state index contributed by atoms with van der Waals surface area (Å²) in [5.41, 5.74) is 2.99. The molecule has 2 aliphatic carbocycles. The van der Waals surface area contributed by atoms with Crippen molar-refractivity contribution in [2.45, 2.75) is 33.1 Å². The van der Waals surface area contributed by atoms with E-state index >= 15 is 0 Å². The summed E-state index contributed by atoms with van der Waals surface area (Å²) in [4.78, 5) is 12.5. The van der Waals surface area contributed by atoms with E-state index in [0.29, 0.717) is 5.78 Å². The van der Waals surface area contributed by atoms with E-state index in [1.54, 1.807) is 7.11 Å². The second-order valence-corrected chi connectivity index (χ2v) is 5.93. The molecule has 2 unspecified atom stereocenters. The minimum Gasteiger partial charge on any atom is -0.496 e. The fourth-order valence-electron chi connectivity index (χ4n) is 3.58. The molecule has 18 heavy (non-hydrogen) atoms. The van der Waals surface area contributed by atoms with E-state index in [1.165, 1.54) is 6.42 Å². The van der Waals surface area contributed by atoms with Crippen LogP contribution in [0.5, 0.6) is 5.75 Å². The molecule has 0 aromatic heterocycles. The number of benzene rings is 1. The van der Waals surface area contributed by atoms with Crippen LogP contribution in [0, 0.1) is 31.6 Å². The molecule has 2 nitrogen and oxygen atoms in total. The van der Waals surface area contributed by atoms with E-state index in [1.807, 2.05) is 26.0 Å². The fourth-order valence-corrected chi connectivity index (χ4v) is 3.58. The Morgan fingerprint density at radius 1 is 1.11 bits per heavy atom. The first-order chi connectivity index (χ1) is 8.60. The van der Waals surface area contributed by atoms with Crippen LogP contribution in [0.2, 0.25) is 0 Å². The lowest BCUT2D eigenvalue weighted by molar-refractivity contribution is 0.0914. The zero-order chi connectivity index (χ0) is 12.9. The van der Waals surface area contributed by atoms with E-state index in [0.717, 1.165) is 47.1 Å². The summed E-state index contributed by atoms with van der Waals surface area (Å²) in [7, 11) is 1.68. The highest BCUT2D eigenvalue weighted by Gasteiger charge is 2.48. The first-order valence-electron chi connectivity index (χ1n) is 6.79. The number of ether oxygens (including phenoxy) is 1. The van der Waals surface area contributed by atoms with Gasteiger partial charge in [0.15, 0.2) is 5.78 Å². The van der Waals surface area contributed by atoms with Gasteiger partial charge in [0.25, 0.3) is 0 Å². The van der Waals surface area contributed by atoms with Gasteiger partial charge in [-0.3, -0.25) is 4.79 Å². The topological polar surface area (TPSA) is 26.3 Å². The highest BCUT2D eigenvalue weighted by Crippen LogP contribution is 2.55. The molecule has 0 spiro atoms. The summed E-state index contributed by atoms with van der Waals surface area (Å²) >= 11 is 0. The molecule has 0 aliphatic heterocycles. The van der Waals surface area contributed by atoms with Gasteiger partial charge in [-0.25, -0.2) is 0 Å². The van der Waals surface area contributed by atoms with Gasteiger partial charge in [0.05, 0.1) is 7.11 Å². The summed E-state index contributed by atoms with van der Waals surface area (Å²) < 4.78 is 5.35. The molecule has 1 aromatic carbocycles. The number of hydrogen-bond acceptors (Lipinski definition) is 2. The first-order valence-corrected chi connectivity index (χ1v) is 6.79. The number of fused-ring (bicyclic) bond motifs is 1. The third-order valence-corrected chi connectivity index (χ3v) is 4.56. The average Bonchev–Trinajstić information content (AvgIpc) is 2.95. The minimum absolute atomic E-state index is 0.279. The van der Waals surface area contributed by atoms with E-state index in [9.17, 15) is 4.79 Å². The zero-order valence-corrected chi connectivity index (χ0v) is 11.3. The van der Waals surface area contributed by atoms with Crippen molar-refractivity contribution < 1.29 is 9.53 Å². The maximum absolute atomic E-state index is 12.5. The van der Waals surface area contributed by atoms with Crippen LogP contribution in [-0.4, -0.2) is 12.9 Å². The van der Waals surface area contributed by atoms with Crippen LogP contribution in [0.3, 0.4) is 0 Å². The Labute approximate surface area is 108 Å². The first kappa shape index (κ1) is 11.8. The molecule has 1 aromatic rings. The zero-order valence-electron chi connectivity index (χ0n) is 11.3. The highest BCUT2D eigenvalue weighted by atomic mass is 16.5. The number of aryl methyl sites for hydroxylation is 2. The van der Waals surface area contributed by atoms with Crippen molar-refractivity contribution in [1.29, 1.82) is 0 Å². The largest absolute Gasteiger partial charge is 0.496 e. The summed E-state index contributed by atoms with van der Waals surface area (Å²) in [6, 6.07) is 3.97. The van der Waals surface area contributed by atoms with Crippen LogP contribution in [0.4, 0.5) is 0 Å². The van der Waals surface area contributed by atoms with E-state index in [-0.39, 0.29) is 5.92 Å². The number of methoxy groups -OCH3 is 1. The third-order valence-electron chi connectivity index (χ3n) is 4.56. The maximum Gasteiger partial charge on any atom is 0.165 e. The molecule has 0 amide bonds. The summed E-state index contributed by atoms with van der Waals surface area (Å²) in [6.07, 6.45) is 3.60. The molecule has 2 aliphatic rings. The summed E-state index contributed by atoms with van der Waals surface area (Å²) in [5, 5.41) is 0. The van der Waals surface area contributed by atoms with Crippen LogP contribution >= 0.6 is 0 Å². The Bertz CT molecular complexity index is 471. The molecule has 0 heterocycles. The predicted octanol–water partition coefficient (Wildman–Crippen LogP) is 3.54. The maximum atomic E-state index is 12.5. The van der Waals surface area contributed by atoms with Gasteiger partial charge < -0.3 is 4.74 Å². The van der Waals surface area contributed by atoms with Gasteiger partial charge in [0.2, 0.25) is 0 Å². The van der Waals surface area contributed by atoms with Gasteiger partial charge in [0, 0.05) is 11.5 Å². The quantitative estimate of drug-likeness (QED) is 0.760. The van der Waals surface area contributed by atoms with Gasteiger partial charge in [-0.2, -0.15) is 0 Å². The molecular weight excluding hydrogens is 224 g/mol. The molecule has 2 heteroatoms. The molecule has 0 saturated heterocycles. The Morgan fingerprint density at radius 2 is 1.67 bits per heavy atom. The highest BCUT2D eigenvalue weighted by molar-refractivity contribution is 5.98. The average molecular weight is 244 g/mol. The van der Waals surface area contributed by atoms with E-state index < -0.39 is 0 Å². The molecule has 2 atom stereocenters. The van der Waals surface area contributed by atoms with Crippen molar-refractivity contribution in [2.75, 3.05) is 7.11 Å². The van der Waals surface area contributed by atoms with Crippen molar-refractivity contribution in [1.82, 2.24) is 0 Å². The summed E-state index contributed by atoms with van der Waals surface area (Å²) in [6.45, 7) is 4.02. The van der Waals surface area contributed by atoms with Crippen LogP contribution in [0.15, 0.2) is 12.1 Å². The predicted molar refractivity (Wildman–Crippen MR) is 71.1 cm³/mol. The van der Waals surface area contributed by atoms with Gasteiger partial charge in [-0.1, -0.05) is 0 Å². The molecular formula is C16H20O2. The summed E-state index contributed by atoms with van der Waals surface area (Å²) in [5.74, 6) is 3.25. The Hall–Kier alpha value is -1.31. The molecule has 0 bridgehead atoms. The lowest BCUT2D eigenvalue weighted by Gasteiger charge is -2.14. The van der Waals surface area contributed by atoms with Gasteiger partial charge >= 0.3 is 0 Å². The lowest BCUT2D eigenvalue weighted by Crippen LogP contribution is -2.13. The van der Waals surface area contributed by atoms with Crippen molar-refractivity contribution in [3.8, 4) is 5.75 Å². The smallest absolute Gasteiger partial charge is 0.165 e. The molecule has 2 saturated carbocycles. The Balaban J connectivity index is 1.85. The van der Waals surface area contributed by atoms with Crippen LogP contribution < -0.4 is 4.74 Å². The number of hydrogen-bond donors (Lipinski definition) is 0. The number of carbonyl (C=O) groups excluding carboxylic acids is 1. The lowest BCUT2D eigenvalue weighted by atomic mass is 9.91. The van der Waals surface area contributed by atoms with Gasteiger partial charge in [-0.15, -0.1) is 0 Å². The fraction of sp³-hybridized carbons (Fsp3) is 0.562. The van der Waals surface area contributed by atoms with Crippen LogP contribution in [-0.2, 0) is 0 Å². The minimum atomic E-state index is 0.279. The van der Waals surface area contributed by atoms with Crippen molar-refractivity contribution in [3.05, 3.63) is 28.8 Å². The number of ketones is 1. The third kappa shape index (κ3) is 1.84. The van der Waals surface area contributed by atoms with Gasteiger partial charge in [-0.05, 0) is 68.2 Å².